The lowest BCUT2D eigenvalue weighted by molar-refractivity contribution is 0.0750. The van der Waals surface area contributed by atoms with Crippen LogP contribution in [0, 0.1) is 0 Å². The third kappa shape index (κ3) is 3.54. The zero-order chi connectivity index (χ0) is 19.7. The summed E-state index contributed by atoms with van der Waals surface area (Å²) in [6.45, 7) is 4.81. The van der Waals surface area contributed by atoms with Crippen molar-refractivity contribution in [2.24, 2.45) is 0 Å². The summed E-state index contributed by atoms with van der Waals surface area (Å²) >= 11 is 9.08. The Hall–Kier alpha value is -1.97. The third-order valence-corrected chi connectivity index (χ3v) is 7.07. The second-order valence-electron chi connectivity index (χ2n) is 6.50. The third-order valence-electron chi connectivity index (χ3n) is 4.74. The van der Waals surface area contributed by atoms with Gasteiger partial charge in [0.15, 0.2) is 5.13 Å². The van der Waals surface area contributed by atoms with Crippen LogP contribution in [0.2, 0.25) is 5.02 Å². The molecule has 0 N–H and O–H groups in total. The summed E-state index contributed by atoms with van der Waals surface area (Å²) in [5.74, 6) is 0.754. The first-order valence-corrected chi connectivity index (χ1v) is 11.1. The molecule has 148 valence electrons. The number of carbonyl (C=O) groups is 1. The second-order valence-corrected chi connectivity index (χ2v) is 8.64. The molecule has 0 bridgehead atoms. The molecule has 0 saturated carbocycles. The van der Waals surface area contributed by atoms with Gasteiger partial charge in [-0.3, -0.25) is 4.79 Å². The van der Waals surface area contributed by atoms with E-state index in [0.717, 1.165) is 52.7 Å². The van der Waals surface area contributed by atoms with E-state index in [1.807, 2.05) is 17.0 Å². The van der Waals surface area contributed by atoms with Crippen LogP contribution in [-0.2, 0) is 6.42 Å². The van der Waals surface area contributed by atoms with Crippen molar-refractivity contribution < 1.29 is 9.53 Å². The van der Waals surface area contributed by atoms with E-state index >= 15 is 0 Å². The summed E-state index contributed by atoms with van der Waals surface area (Å²) in [4.78, 5) is 22.3. The van der Waals surface area contributed by atoms with Crippen LogP contribution in [0.15, 0.2) is 12.1 Å². The fourth-order valence-corrected chi connectivity index (χ4v) is 5.24. The van der Waals surface area contributed by atoms with Crippen molar-refractivity contribution in [2.75, 3.05) is 38.2 Å². The number of hydrogen-bond acceptors (Lipinski definition) is 8. The Morgan fingerprint density at radius 2 is 2.07 bits per heavy atom. The van der Waals surface area contributed by atoms with E-state index in [4.69, 9.17) is 21.3 Å². The fourth-order valence-electron chi connectivity index (χ4n) is 3.26. The number of amides is 1. The Kier molecular flexibility index (Phi) is 5.65. The number of nitrogens with zero attached hydrogens (tertiary/aromatic N) is 5. The molecule has 0 unspecified atom stereocenters. The molecule has 4 rings (SSSR count). The van der Waals surface area contributed by atoms with Crippen LogP contribution < -0.4 is 9.64 Å². The molecule has 7 nitrogen and oxygen atoms in total. The summed E-state index contributed by atoms with van der Waals surface area (Å²) < 4.78 is 10.3. The number of ether oxygens (including phenoxy) is 1. The Morgan fingerprint density at radius 3 is 2.79 bits per heavy atom. The number of hydrogen-bond donors (Lipinski definition) is 0. The molecule has 1 aliphatic rings. The molecule has 10 heteroatoms. The highest BCUT2D eigenvalue weighted by atomic mass is 35.5. The van der Waals surface area contributed by atoms with Gasteiger partial charge >= 0.3 is 0 Å². The molecule has 1 saturated heterocycles. The van der Waals surface area contributed by atoms with Gasteiger partial charge in [-0.1, -0.05) is 40.8 Å². The molecular formula is C18H20ClN5O2S2. The molecular weight excluding hydrogens is 418 g/mol. The first-order valence-electron chi connectivity index (χ1n) is 9.10. The van der Waals surface area contributed by atoms with Crippen LogP contribution in [0.3, 0.4) is 0 Å². The minimum Gasteiger partial charge on any atom is -0.494 e. The SMILES string of the molecule is CCCc1nnsc1C(=O)N1CCN(c2nc3c(OC)ccc(Cl)c3s2)CC1. The Bertz CT molecular complexity index is 997. The van der Waals surface area contributed by atoms with Gasteiger partial charge in [0.05, 0.1) is 22.5 Å². The molecule has 0 atom stereocenters. The first kappa shape index (κ1) is 19.4. The first-order chi connectivity index (χ1) is 13.6. The highest BCUT2D eigenvalue weighted by Crippen LogP contribution is 2.38. The average molecular weight is 438 g/mol. The highest BCUT2D eigenvalue weighted by molar-refractivity contribution is 7.22. The van der Waals surface area contributed by atoms with Crippen LogP contribution in [0.1, 0.15) is 28.7 Å². The van der Waals surface area contributed by atoms with Gasteiger partial charge in [0.1, 0.15) is 16.1 Å². The zero-order valence-corrected chi connectivity index (χ0v) is 18.0. The van der Waals surface area contributed by atoms with E-state index in [2.05, 4.69) is 21.4 Å². The summed E-state index contributed by atoms with van der Waals surface area (Å²) in [7, 11) is 1.63. The molecule has 1 fully saturated rings. The van der Waals surface area contributed by atoms with E-state index in [1.165, 1.54) is 11.5 Å². The number of anilines is 1. The lowest BCUT2D eigenvalue weighted by atomic mass is 10.2. The van der Waals surface area contributed by atoms with Crippen molar-refractivity contribution in [1.29, 1.82) is 0 Å². The Balaban J connectivity index is 1.48. The van der Waals surface area contributed by atoms with Crippen molar-refractivity contribution in [3.63, 3.8) is 0 Å². The molecule has 0 radical (unpaired) electrons. The zero-order valence-electron chi connectivity index (χ0n) is 15.6. The van der Waals surface area contributed by atoms with Gasteiger partial charge in [0.25, 0.3) is 5.91 Å². The maximum Gasteiger partial charge on any atom is 0.267 e. The number of carbonyl (C=O) groups excluding carboxylic acids is 1. The van der Waals surface area contributed by atoms with Crippen LogP contribution in [-0.4, -0.2) is 58.7 Å². The summed E-state index contributed by atoms with van der Waals surface area (Å²) in [6, 6.07) is 3.67. The Labute approximate surface area is 176 Å². The van der Waals surface area contributed by atoms with Crippen molar-refractivity contribution >= 4 is 55.7 Å². The number of aryl methyl sites for hydroxylation is 1. The van der Waals surface area contributed by atoms with Gasteiger partial charge in [-0.05, 0) is 30.1 Å². The normalized spacial score (nSPS) is 14.7. The Morgan fingerprint density at radius 1 is 1.29 bits per heavy atom. The van der Waals surface area contributed by atoms with Gasteiger partial charge < -0.3 is 14.5 Å². The predicted octanol–water partition coefficient (Wildman–Crippen LogP) is 3.72. The summed E-state index contributed by atoms with van der Waals surface area (Å²) in [5, 5.41) is 5.69. The molecule has 28 heavy (non-hydrogen) atoms. The van der Waals surface area contributed by atoms with Crippen LogP contribution in [0.5, 0.6) is 5.75 Å². The van der Waals surface area contributed by atoms with Crippen molar-refractivity contribution in [1.82, 2.24) is 19.5 Å². The number of rotatable bonds is 5. The largest absolute Gasteiger partial charge is 0.494 e. The fraction of sp³-hybridized carbons (Fsp3) is 0.444. The van der Waals surface area contributed by atoms with Gasteiger partial charge in [-0.25, -0.2) is 4.98 Å². The molecule has 0 aliphatic carbocycles. The summed E-state index contributed by atoms with van der Waals surface area (Å²) in [6.07, 6.45) is 1.73. The average Bonchev–Trinajstić information content (AvgIpc) is 3.36. The summed E-state index contributed by atoms with van der Waals surface area (Å²) in [5.41, 5.74) is 1.60. The standard InChI is InChI=1S/C18H20ClN5O2S2/c1-3-4-12-16(28-22-21-12)17(25)23-7-9-24(10-8-23)18-20-14-13(26-2)6-5-11(19)15(14)27-18/h5-6H,3-4,7-10H2,1-2H3. The highest BCUT2D eigenvalue weighted by Gasteiger charge is 2.27. The topological polar surface area (TPSA) is 71.5 Å². The second kappa shape index (κ2) is 8.18. The monoisotopic (exact) mass is 437 g/mol. The number of methoxy groups -OCH3 is 1. The maximum atomic E-state index is 12.9. The molecule has 3 aromatic rings. The molecule has 1 amide bonds. The molecule has 1 aromatic carbocycles. The quantitative estimate of drug-likeness (QED) is 0.605. The van der Waals surface area contributed by atoms with E-state index in [1.54, 1.807) is 18.4 Å². The van der Waals surface area contributed by atoms with E-state index in [9.17, 15) is 4.79 Å². The van der Waals surface area contributed by atoms with E-state index in [-0.39, 0.29) is 5.91 Å². The molecule has 2 aromatic heterocycles. The van der Waals surface area contributed by atoms with Crippen LogP contribution in [0.25, 0.3) is 10.2 Å². The smallest absolute Gasteiger partial charge is 0.267 e. The molecule has 0 spiro atoms. The van der Waals surface area contributed by atoms with Crippen molar-refractivity contribution in [2.45, 2.75) is 19.8 Å². The van der Waals surface area contributed by atoms with Crippen LogP contribution >= 0.6 is 34.5 Å². The lowest BCUT2D eigenvalue weighted by Crippen LogP contribution is -2.48. The molecule has 1 aliphatic heterocycles. The number of fused-ring (bicyclic) bond motifs is 1. The minimum atomic E-state index is 0.0344. The van der Waals surface area contributed by atoms with Crippen molar-refractivity contribution in [3.8, 4) is 5.75 Å². The number of halogens is 1. The van der Waals surface area contributed by atoms with Crippen LogP contribution in [0.4, 0.5) is 5.13 Å². The lowest BCUT2D eigenvalue weighted by Gasteiger charge is -2.34. The van der Waals surface area contributed by atoms with Gasteiger partial charge in [-0.15, -0.1) is 5.10 Å². The number of aromatic nitrogens is 3. The number of thiazole rings is 1. The predicted molar refractivity (Wildman–Crippen MR) is 113 cm³/mol. The maximum absolute atomic E-state index is 12.9. The molecule has 3 heterocycles. The van der Waals surface area contributed by atoms with E-state index < -0.39 is 0 Å². The number of piperazine rings is 1. The van der Waals surface area contributed by atoms with Gasteiger partial charge in [-0.2, -0.15) is 0 Å². The van der Waals surface area contributed by atoms with E-state index in [0.29, 0.717) is 23.0 Å². The van der Waals surface area contributed by atoms with Crippen molar-refractivity contribution in [3.05, 3.63) is 27.7 Å². The van der Waals surface area contributed by atoms with Gasteiger partial charge in [0, 0.05) is 26.2 Å². The minimum absolute atomic E-state index is 0.0344. The number of benzene rings is 1. The van der Waals surface area contributed by atoms with Gasteiger partial charge in [0.2, 0.25) is 0 Å².